The average molecular weight is 196 g/mol. The fourth-order valence-corrected chi connectivity index (χ4v) is 1.47. The molecule has 0 aromatic carbocycles. The van der Waals surface area contributed by atoms with Crippen LogP contribution >= 0.6 is 0 Å². The Morgan fingerprint density at radius 3 is 2.43 bits per heavy atom. The third-order valence-corrected chi connectivity index (χ3v) is 2.22. The molecule has 0 atom stereocenters. The summed E-state index contributed by atoms with van der Waals surface area (Å²) in [6, 6.07) is 0. The summed E-state index contributed by atoms with van der Waals surface area (Å²) < 4.78 is 2.14. The minimum absolute atomic E-state index is 1.08. The van der Waals surface area contributed by atoms with Gasteiger partial charge in [-0.05, 0) is 25.3 Å². The third kappa shape index (κ3) is 3.52. The predicted octanol–water partition coefficient (Wildman–Crippen LogP) is 3.58. The zero-order valence-electron chi connectivity index (χ0n) is 10.3. The van der Waals surface area contributed by atoms with E-state index in [1.165, 1.54) is 24.1 Å². The summed E-state index contributed by atoms with van der Waals surface area (Å²) >= 11 is 0. The summed E-state index contributed by atoms with van der Waals surface area (Å²) in [6.45, 7) is 11.6. The summed E-state index contributed by atoms with van der Waals surface area (Å²) in [5, 5.41) is 4.34. The first-order chi connectivity index (χ1) is 6.79. The van der Waals surface area contributed by atoms with Gasteiger partial charge < -0.3 is 0 Å². The van der Waals surface area contributed by atoms with Gasteiger partial charge in [0, 0.05) is 12.2 Å². The van der Waals surface area contributed by atoms with E-state index in [9.17, 15) is 0 Å². The molecule has 1 aromatic heterocycles. The van der Waals surface area contributed by atoms with Crippen LogP contribution in [0.1, 0.15) is 51.8 Å². The Hall–Kier alpha value is -0.790. The smallest absolute Gasteiger partial charge is 0.0521 e. The van der Waals surface area contributed by atoms with Gasteiger partial charge in [-0.25, -0.2) is 0 Å². The summed E-state index contributed by atoms with van der Waals surface area (Å²) in [5.41, 5.74) is 2.72. The van der Waals surface area contributed by atoms with Crippen molar-refractivity contribution in [3.05, 3.63) is 17.5 Å². The Labute approximate surface area is 88.3 Å². The number of nitrogens with zero attached hydrogens (tertiary/aromatic N) is 2. The molecule has 0 fully saturated rings. The Bertz CT molecular complexity index is 238. The molecule has 0 saturated carbocycles. The molecule has 0 aliphatic carbocycles. The standard InChI is InChI=1S/C10H18N2.C2H6/c1-4-6-7-12-10(5-2)9(3)8-11-12;1-2/h8H,4-7H2,1-3H3;1-2H3. The lowest BCUT2D eigenvalue weighted by atomic mass is 10.2. The highest BCUT2D eigenvalue weighted by Crippen LogP contribution is 2.08. The molecule has 0 saturated heterocycles. The molecule has 0 aliphatic heterocycles. The van der Waals surface area contributed by atoms with E-state index in [2.05, 4.69) is 30.6 Å². The van der Waals surface area contributed by atoms with Crippen LogP contribution in [0.4, 0.5) is 0 Å². The molecule has 2 heteroatoms. The van der Waals surface area contributed by atoms with Gasteiger partial charge in [0.25, 0.3) is 0 Å². The minimum atomic E-state index is 1.08. The first-order valence-electron chi connectivity index (χ1n) is 5.80. The highest BCUT2D eigenvalue weighted by Gasteiger charge is 2.03. The molecule has 0 radical (unpaired) electrons. The monoisotopic (exact) mass is 196 g/mol. The van der Waals surface area contributed by atoms with Crippen LogP contribution in [0.3, 0.4) is 0 Å². The molecule has 2 nitrogen and oxygen atoms in total. The van der Waals surface area contributed by atoms with Crippen LogP contribution in [0.25, 0.3) is 0 Å². The third-order valence-electron chi connectivity index (χ3n) is 2.22. The Morgan fingerprint density at radius 1 is 1.29 bits per heavy atom. The summed E-state index contributed by atoms with van der Waals surface area (Å²) in [4.78, 5) is 0. The minimum Gasteiger partial charge on any atom is -0.269 e. The highest BCUT2D eigenvalue weighted by atomic mass is 15.3. The van der Waals surface area contributed by atoms with Crippen LogP contribution < -0.4 is 0 Å². The van der Waals surface area contributed by atoms with Crippen molar-refractivity contribution in [2.75, 3.05) is 0 Å². The number of aryl methyl sites for hydroxylation is 2. The molecular weight excluding hydrogens is 172 g/mol. The quantitative estimate of drug-likeness (QED) is 0.719. The fraction of sp³-hybridized carbons (Fsp3) is 0.750. The molecule has 0 amide bonds. The van der Waals surface area contributed by atoms with Crippen molar-refractivity contribution in [2.45, 2.75) is 60.4 Å². The maximum Gasteiger partial charge on any atom is 0.0521 e. The normalized spacial score (nSPS) is 9.50. The second kappa shape index (κ2) is 7.60. The van der Waals surface area contributed by atoms with Crippen molar-refractivity contribution >= 4 is 0 Å². The highest BCUT2D eigenvalue weighted by molar-refractivity contribution is 5.15. The molecule has 1 heterocycles. The van der Waals surface area contributed by atoms with Gasteiger partial charge in [-0.2, -0.15) is 5.10 Å². The van der Waals surface area contributed by atoms with Crippen molar-refractivity contribution in [3.8, 4) is 0 Å². The Morgan fingerprint density at radius 2 is 1.93 bits per heavy atom. The lowest BCUT2D eigenvalue weighted by Crippen LogP contribution is -2.04. The molecular formula is C12H24N2. The molecule has 0 bridgehead atoms. The molecule has 0 unspecified atom stereocenters. The maximum atomic E-state index is 4.34. The molecule has 14 heavy (non-hydrogen) atoms. The SMILES string of the molecule is CC.CCCCn1ncc(C)c1CC. The van der Waals surface area contributed by atoms with Crippen molar-refractivity contribution < 1.29 is 0 Å². The number of aromatic nitrogens is 2. The van der Waals surface area contributed by atoms with E-state index in [1.54, 1.807) is 0 Å². The molecule has 0 spiro atoms. The second-order valence-electron chi connectivity index (χ2n) is 3.20. The van der Waals surface area contributed by atoms with Crippen molar-refractivity contribution in [1.82, 2.24) is 9.78 Å². The van der Waals surface area contributed by atoms with Crippen molar-refractivity contribution in [3.63, 3.8) is 0 Å². The fourth-order valence-electron chi connectivity index (χ4n) is 1.47. The van der Waals surface area contributed by atoms with Crippen LogP contribution in [0.5, 0.6) is 0 Å². The van der Waals surface area contributed by atoms with E-state index in [0.717, 1.165) is 13.0 Å². The van der Waals surface area contributed by atoms with Gasteiger partial charge in [0.15, 0.2) is 0 Å². The molecule has 1 aromatic rings. The summed E-state index contributed by atoms with van der Waals surface area (Å²) in [7, 11) is 0. The summed E-state index contributed by atoms with van der Waals surface area (Å²) in [6.07, 6.45) is 5.53. The topological polar surface area (TPSA) is 17.8 Å². The van der Waals surface area contributed by atoms with E-state index in [-0.39, 0.29) is 0 Å². The van der Waals surface area contributed by atoms with Crippen LogP contribution in [-0.2, 0) is 13.0 Å². The second-order valence-corrected chi connectivity index (χ2v) is 3.20. The number of hydrogen-bond acceptors (Lipinski definition) is 1. The van der Waals surface area contributed by atoms with Crippen LogP contribution in [-0.4, -0.2) is 9.78 Å². The molecule has 82 valence electrons. The Balaban J connectivity index is 0.000000791. The van der Waals surface area contributed by atoms with Crippen LogP contribution in [0.15, 0.2) is 6.20 Å². The zero-order chi connectivity index (χ0) is 11.0. The van der Waals surface area contributed by atoms with Gasteiger partial charge in [0.05, 0.1) is 6.20 Å². The predicted molar refractivity (Wildman–Crippen MR) is 62.6 cm³/mol. The lowest BCUT2D eigenvalue weighted by molar-refractivity contribution is 0.550. The first kappa shape index (κ1) is 13.2. The number of rotatable bonds is 4. The zero-order valence-corrected chi connectivity index (χ0v) is 10.3. The van der Waals surface area contributed by atoms with Gasteiger partial charge in [0.1, 0.15) is 0 Å². The number of hydrogen-bond donors (Lipinski definition) is 0. The van der Waals surface area contributed by atoms with Crippen LogP contribution in [0.2, 0.25) is 0 Å². The Kier molecular flexibility index (Phi) is 7.17. The van der Waals surface area contributed by atoms with Crippen LogP contribution in [0, 0.1) is 6.92 Å². The molecule has 0 N–H and O–H groups in total. The van der Waals surface area contributed by atoms with Gasteiger partial charge in [-0.1, -0.05) is 34.1 Å². The van der Waals surface area contributed by atoms with E-state index in [4.69, 9.17) is 0 Å². The van der Waals surface area contributed by atoms with Crippen molar-refractivity contribution in [1.29, 1.82) is 0 Å². The first-order valence-corrected chi connectivity index (χ1v) is 5.80. The van der Waals surface area contributed by atoms with E-state index < -0.39 is 0 Å². The van der Waals surface area contributed by atoms with E-state index in [1.807, 2.05) is 20.0 Å². The van der Waals surface area contributed by atoms with Gasteiger partial charge in [0.2, 0.25) is 0 Å². The van der Waals surface area contributed by atoms with Gasteiger partial charge in [-0.3, -0.25) is 4.68 Å². The van der Waals surface area contributed by atoms with Crippen molar-refractivity contribution in [2.24, 2.45) is 0 Å². The maximum absolute atomic E-state index is 4.34. The molecule has 1 rings (SSSR count). The number of unbranched alkanes of at least 4 members (excludes halogenated alkanes) is 1. The largest absolute Gasteiger partial charge is 0.269 e. The van der Waals surface area contributed by atoms with E-state index in [0.29, 0.717) is 0 Å². The lowest BCUT2D eigenvalue weighted by Gasteiger charge is -2.04. The molecule has 0 aliphatic rings. The van der Waals surface area contributed by atoms with E-state index >= 15 is 0 Å². The van der Waals surface area contributed by atoms with Gasteiger partial charge in [-0.15, -0.1) is 0 Å². The van der Waals surface area contributed by atoms with Gasteiger partial charge >= 0.3 is 0 Å². The summed E-state index contributed by atoms with van der Waals surface area (Å²) in [5.74, 6) is 0. The average Bonchev–Trinajstić information content (AvgIpc) is 2.59.